The summed E-state index contributed by atoms with van der Waals surface area (Å²) in [5.41, 5.74) is 2.81. The second-order valence-electron chi connectivity index (χ2n) is 5.58. The Morgan fingerprint density at radius 1 is 1.25 bits per heavy atom. The van der Waals surface area contributed by atoms with Gasteiger partial charge in [0.25, 0.3) is 0 Å². The third kappa shape index (κ3) is 4.35. The highest BCUT2D eigenvalue weighted by Crippen LogP contribution is 2.27. The number of aromatic nitrogens is 1. The summed E-state index contributed by atoms with van der Waals surface area (Å²) in [6.07, 6.45) is 5.31. The van der Waals surface area contributed by atoms with Gasteiger partial charge in [0.2, 0.25) is 11.8 Å². The first-order chi connectivity index (χ1) is 11.7. The smallest absolute Gasteiger partial charge is 0.237 e. The Morgan fingerprint density at radius 3 is 2.88 bits per heavy atom. The number of hydrogen-bond donors (Lipinski definition) is 2. The van der Waals surface area contributed by atoms with Crippen LogP contribution in [0, 0.1) is 0 Å². The maximum Gasteiger partial charge on any atom is 0.237 e. The van der Waals surface area contributed by atoms with E-state index in [0.29, 0.717) is 12.2 Å². The van der Waals surface area contributed by atoms with Crippen molar-refractivity contribution in [3.63, 3.8) is 0 Å². The first-order valence-electron chi connectivity index (χ1n) is 7.92. The van der Waals surface area contributed by atoms with Crippen LogP contribution in [0.3, 0.4) is 0 Å². The van der Waals surface area contributed by atoms with Crippen molar-refractivity contribution in [1.82, 2.24) is 4.98 Å². The lowest BCUT2D eigenvalue weighted by Crippen LogP contribution is -2.24. The fraction of sp³-hybridized carbons (Fsp3) is 0.278. The SMILES string of the molecule is O=C(CCS[C@@H]1CCc2ccccc2NC1=O)Nc1ccncc1. The molecule has 0 aliphatic carbocycles. The number of anilines is 2. The molecule has 0 unspecified atom stereocenters. The summed E-state index contributed by atoms with van der Waals surface area (Å²) >= 11 is 1.54. The van der Waals surface area contributed by atoms with E-state index < -0.39 is 0 Å². The molecule has 24 heavy (non-hydrogen) atoms. The van der Waals surface area contributed by atoms with Crippen LogP contribution in [0.4, 0.5) is 11.4 Å². The number of amides is 2. The van der Waals surface area contributed by atoms with Crippen molar-refractivity contribution in [2.75, 3.05) is 16.4 Å². The molecular weight excluding hydrogens is 322 g/mol. The minimum absolute atomic E-state index is 0.0273. The van der Waals surface area contributed by atoms with Gasteiger partial charge in [-0.3, -0.25) is 14.6 Å². The van der Waals surface area contributed by atoms with Crippen molar-refractivity contribution in [3.05, 3.63) is 54.4 Å². The minimum atomic E-state index is -0.119. The molecule has 2 N–H and O–H groups in total. The Bertz CT molecular complexity index is 721. The minimum Gasteiger partial charge on any atom is -0.326 e. The van der Waals surface area contributed by atoms with E-state index in [1.807, 2.05) is 24.3 Å². The first-order valence-corrected chi connectivity index (χ1v) is 8.97. The van der Waals surface area contributed by atoms with Gasteiger partial charge in [-0.05, 0) is 36.6 Å². The summed E-state index contributed by atoms with van der Waals surface area (Å²) in [5, 5.41) is 5.69. The summed E-state index contributed by atoms with van der Waals surface area (Å²) in [7, 11) is 0. The van der Waals surface area contributed by atoms with Gasteiger partial charge in [-0.2, -0.15) is 0 Å². The van der Waals surface area contributed by atoms with E-state index in [9.17, 15) is 9.59 Å². The van der Waals surface area contributed by atoms with E-state index in [2.05, 4.69) is 15.6 Å². The molecule has 0 saturated heterocycles. The lowest BCUT2D eigenvalue weighted by Gasteiger charge is -2.12. The summed E-state index contributed by atoms with van der Waals surface area (Å²) < 4.78 is 0. The third-order valence-corrected chi connectivity index (χ3v) is 5.15. The van der Waals surface area contributed by atoms with Crippen LogP contribution in [-0.2, 0) is 16.0 Å². The van der Waals surface area contributed by atoms with Gasteiger partial charge in [-0.25, -0.2) is 0 Å². The lowest BCUT2D eigenvalue weighted by molar-refractivity contribution is -0.116. The van der Waals surface area contributed by atoms with Crippen molar-refractivity contribution in [1.29, 1.82) is 0 Å². The predicted octanol–water partition coefficient (Wildman–Crippen LogP) is 3.10. The van der Waals surface area contributed by atoms with Crippen molar-refractivity contribution < 1.29 is 9.59 Å². The molecule has 0 bridgehead atoms. The van der Waals surface area contributed by atoms with Gasteiger partial charge >= 0.3 is 0 Å². The lowest BCUT2D eigenvalue weighted by atomic mass is 10.1. The molecular formula is C18H19N3O2S. The van der Waals surface area contributed by atoms with Crippen molar-refractivity contribution in [2.24, 2.45) is 0 Å². The molecule has 0 saturated carbocycles. The highest BCUT2D eigenvalue weighted by Gasteiger charge is 2.23. The molecule has 0 fully saturated rings. The van der Waals surface area contributed by atoms with Gasteiger partial charge in [0.15, 0.2) is 0 Å². The van der Waals surface area contributed by atoms with Gasteiger partial charge in [-0.15, -0.1) is 11.8 Å². The Balaban J connectivity index is 1.47. The molecule has 0 radical (unpaired) electrons. The molecule has 1 aromatic carbocycles. The van der Waals surface area contributed by atoms with Crippen LogP contribution >= 0.6 is 11.8 Å². The summed E-state index contributed by atoms with van der Waals surface area (Å²) in [4.78, 5) is 28.2. The molecule has 1 aliphatic rings. The fourth-order valence-corrected chi connectivity index (χ4v) is 3.69. The van der Waals surface area contributed by atoms with Gasteiger partial charge in [-0.1, -0.05) is 18.2 Å². The van der Waals surface area contributed by atoms with E-state index in [0.717, 1.165) is 24.2 Å². The van der Waals surface area contributed by atoms with Crippen LogP contribution in [0.5, 0.6) is 0 Å². The molecule has 5 nitrogen and oxygen atoms in total. The molecule has 124 valence electrons. The second-order valence-corrected chi connectivity index (χ2v) is 6.89. The Hall–Kier alpha value is -2.34. The van der Waals surface area contributed by atoms with Crippen molar-refractivity contribution in [2.45, 2.75) is 24.5 Å². The number of para-hydroxylation sites is 1. The molecule has 6 heteroatoms. The zero-order valence-corrected chi connectivity index (χ0v) is 14.0. The Labute approximate surface area is 145 Å². The van der Waals surface area contributed by atoms with Crippen LogP contribution in [0.25, 0.3) is 0 Å². The number of carbonyl (C=O) groups is 2. The molecule has 2 aromatic rings. The van der Waals surface area contributed by atoms with E-state index >= 15 is 0 Å². The normalized spacial score (nSPS) is 16.7. The van der Waals surface area contributed by atoms with E-state index in [1.54, 1.807) is 36.3 Å². The third-order valence-electron chi connectivity index (χ3n) is 3.86. The van der Waals surface area contributed by atoms with Crippen LogP contribution in [0.15, 0.2) is 48.8 Å². The number of pyridine rings is 1. The van der Waals surface area contributed by atoms with Gasteiger partial charge in [0.05, 0.1) is 5.25 Å². The topological polar surface area (TPSA) is 71.1 Å². The quantitative estimate of drug-likeness (QED) is 0.877. The molecule has 2 amide bonds. The molecule has 1 aromatic heterocycles. The molecule has 0 spiro atoms. The highest BCUT2D eigenvalue weighted by molar-refractivity contribution is 8.00. The number of benzene rings is 1. The van der Waals surface area contributed by atoms with E-state index in [4.69, 9.17) is 0 Å². The summed E-state index contributed by atoms with van der Waals surface area (Å²) in [5.74, 6) is 0.594. The van der Waals surface area contributed by atoms with Crippen LogP contribution in [0.1, 0.15) is 18.4 Å². The second kappa shape index (κ2) is 7.97. The van der Waals surface area contributed by atoms with Gasteiger partial charge in [0, 0.05) is 35.9 Å². The van der Waals surface area contributed by atoms with Gasteiger partial charge in [0.1, 0.15) is 0 Å². The maximum absolute atomic E-state index is 12.3. The summed E-state index contributed by atoms with van der Waals surface area (Å²) in [6.45, 7) is 0. The number of fused-ring (bicyclic) bond motifs is 1. The Kier molecular flexibility index (Phi) is 5.48. The fourth-order valence-electron chi connectivity index (χ4n) is 2.60. The maximum atomic E-state index is 12.3. The zero-order chi connectivity index (χ0) is 16.8. The highest BCUT2D eigenvalue weighted by atomic mass is 32.2. The predicted molar refractivity (Wildman–Crippen MR) is 97.1 cm³/mol. The number of nitrogens with zero attached hydrogens (tertiary/aromatic N) is 1. The van der Waals surface area contributed by atoms with Gasteiger partial charge < -0.3 is 10.6 Å². The number of aryl methyl sites for hydroxylation is 1. The van der Waals surface area contributed by atoms with Crippen LogP contribution in [0.2, 0.25) is 0 Å². The molecule has 3 rings (SSSR count). The van der Waals surface area contributed by atoms with Crippen LogP contribution < -0.4 is 10.6 Å². The van der Waals surface area contributed by atoms with Crippen molar-refractivity contribution in [3.8, 4) is 0 Å². The van der Waals surface area contributed by atoms with Crippen molar-refractivity contribution >= 4 is 35.0 Å². The molecule has 2 heterocycles. The zero-order valence-electron chi connectivity index (χ0n) is 13.2. The standard InChI is InChI=1S/C18H19N3O2S/c22-17(20-14-7-10-19-11-8-14)9-12-24-16-6-5-13-3-1-2-4-15(13)21-18(16)23/h1-4,7-8,10-11,16H,5-6,9,12H2,(H,21,23)(H,19,20,22)/t16-/m1/s1. The monoisotopic (exact) mass is 341 g/mol. The average Bonchev–Trinajstić information content (AvgIpc) is 2.75. The largest absolute Gasteiger partial charge is 0.326 e. The number of rotatable bonds is 5. The molecule has 1 aliphatic heterocycles. The number of thioether (sulfide) groups is 1. The van der Waals surface area contributed by atoms with E-state index in [-0.39, 0.29) is 17.1 Å². The number of carbonyl (C=O) groups excluding carboxylic acids is 2. The van der Waals surface area contributed by atoms with Crippen LogP contribution in [-0.4, -0.2) is 27.8 Å². The molecule has 1 atom stereocenters. The number of nitrogens with one attached hydrogen (secondary N) is 2. The average molecular weight is 341 g/mol. The Morgan fingerprint density at radius 2 is 2.04 bits per heavy atom. The van der Waals surface area contributed by atoms with E-state index in [1.165, 1.54) is 5.56 Å². The number of hydrogen-bond acceptors (Lipinski definition) is 4. The summed E-state index contributed by atoms with van der Waals surface area (Å²) in [6, 6.07) is 11.4. The first kappa shape index (κ1) is 16.5.